The fourth-order valence-corrected chi connectivity index (χ4v) is 4.71. The minimum absolute atomic E-state index is 0.0704. The average Bonchev–Trinajstić information content (AvgIpc) is 3.16. The minimum atomic E-state index is -4.02. The molecule has 0 saturated heterocycles. The van der Waals surface area contributed by atoms with Crippen LogP contribution in [0.4, 0.5) is 10.1 Å². The second kappa shape index (κ2) is 8.31. The maximum atomic E-state index is 13.8. The summed E-state index contributed by atoms with van der Waals surface area (Å²) in [7, 11) is -2.27. The highest BCUT2D eigenvalue weighted by atomic mass is 32.2. The number of amides is 1. The Kier molecular flexibility index (Phi) is 6.03. The number of aryl methyl sites for hydroxylation is 1. The number of hydrogen-bond acceptors (Lipinski definition) is 3. The van der Waals surface area contributed by atoms with Gasteiger partial charge in [0.1, 0.15) is 5.82 Å². The van der Waals surface area contributed by atoms with Crippen molar-refractivity contribution in [3.05, 3.63) is 59.4 Å². The van der Waals surface area contributed by atoms with Crippen LogP contribution >= 0.6 is 0 Å². The van der Waals surface area contributed by atoms with Gasteiger partial charge in [0.15, 0.2) is 0 Å². The third-order valence-corrected chi connectivity index (χ3v) is 6.58. The van der Waals surface area contributed by atoms with Crippen LogP contribution in [0.2, 0.25) is 0 Å². The number of hydrogen-bond donors (Lipinski definition) is 1. The summed E-state index contributed by atoms with van der Waals surface area (Å²) in [6, 6.07) is 9.95. The van der Waals surface area contributed by atoms with Crippen molar-refractivity contribution in [1.82, 2.24) is 4.90 Å². The van der Waals surface area contributed by atoms with Gasteiger partial charge in [0, 0.05) is 19.2 Å². The van der Waals surface area contributed by atoms with Crippen molar-refractivity contribution in [2.24, 2.45) is 5.92 Å². The first kappa shape index (κ1) is 20.3. The van der Waals surface area contributed by atoms with Gasteiger partial charge < -0.3 is 4.90 Å². The lowest BCUT2D eigenvalue weighted by Gasteiger charge is -2.22. The highest BCUT2D eigenvalue weighted by Gasteiger charge is 2.23. The van der Waals surface area contributed by atoms with Crippen LogP contribution in [-0.4, -0.2) is 32.8 Å². The van der Waals surface area contributed by atoms with E-state index in [4.69, 9.17) is 0 Å². The molecule has 1 aliphatic carbocycles. The van der Waals surface area contributed by atoms with Gasteiger partial charge in [0.25, 0.3) is 15.9 Å². The summed E-state index contributed by atoms with van der Waals surface area (Å²) < 4.78 is 41.4. The molecule has 1 N–H and O–H groups in total. The first-order chi connectivity index (χ1) is 13.3. The molecule has 2 aromatic carbocycles. The van der Waals surface area contributed by atoms with E-state index in [1.807, 2.05) is 0 Å². The molecule has 0 unspecified atom stereocenters. The molecule has 3 rings (SSSR count). The SMILES string of the molecule is Cc1ccc(S(=O)(=O)Nc2ccccc2F)cc1C(=O)N(C)CC1CCCC1. The Labute approximate surface area is 165 Å². The summed E-state index contributed by atoms with van der Waals surface area (Å²) in [4.78, 5) is 14.5. The van der Waals surface area contributed by atoms with E-state index in [0.29, 0.717) is 23.6 Å². The summed E-state index contributed by atoms with van der Waals surface area (Å²) in [6.45, 7) is 2.44. The summed E-state index contributed by atoms with van der Waals surface area (Å²) in [5.41, 5.74) is 0.916. The molecule has 150 valence electrons. The third kappa shape index (κ3) is 4.52. The molecule has 2 aromatic rings. The molecule has 0 bridgehead atoms. The number of benzene rings is 2. The van der Waals surface area contributed by atoms with Crippen LogP contribution in [0, 0.1) is 18.7 Å². The molecular weight excluding hydrogens is 379 g/mol. The number of sulfonamides is 1. The molecule has 0 radical (unpaired) electrons. The zero-order valence-electron chi connectivity index (χ0n) is 16.1. The number of anilines is 1. The van der Waals surface area contributed by atoms with Crippen LogP contribution in [0.3, 0.4) is 0 Å². The van der Waals surface area contributed by atoms with E-state index in [1.165, 1.54) is 43.2 Å². The van der Waals surface area contributed by atoms with Gasteiger partial charge in [0.05, 0.1) is 10.6 Å². The fourth-order valence-electron chi connectivity index (χ4n) is 3.62. The van der Waals surface area contributed by atoms with Gasteiger partial charge in [-0.15, -0.1) is 0 Å². The number of rotatable bonds is 6. The van der Waals surface area contributed by atoms with Crippen LogP contribution in [0.5, 0.6) is 0 Å². The number of carbonyl (C=O) groups excluding carboxylic acids is 1. The molecule has 1 aliphatic rings. The molecule has 7 heteroatoms. The van der Waals surface area contributed by atoms with Crippen molar-refractivity contribution < 1.29 is 17.6 Å². The van der Waals surface area contributed by atoms with Crippen LogP contribution in [-0.2, 0) is 10.0 Å². The summed E-state index contributed by atoms with van der Waals surface area (Å²) in [6.07, 6.45) is 4.64. The first-order valence-corrected chi connectivity index (χ1v) is 10.9. The largest absolute Gasteiger partial charge is 0.341 e. The van der Waals surface area contributed by atoms with Gasteiger partial charge in [-0.3, -0.25) is 9.52 Å². The number of halogens is 1. The minimum Gasteiger partial charge on any atom is -0.341 e. The van der Waals surface area contributed by atoms with Crippen molar-refractivity contribution in [2.75, 3.05) is 18.3 Å². The van der Waals surface area contributed by atoms with Crippen molar-refractivity contribution in [1.29, 1.82) is 0 Å². The Hall–Kier alpha value is -2.41. The average molecular weight is 405 g/mol. The predicted octanol–water partition coefficient (Wildman–Crippen LogP) is 4.20. The molecular formula is C21H25FN2O3S. The zero-order valence-corrected chi connectivity index (χ0v) is 16.9. The van der Waals surface area contributed by atoms with E-state index in [9.17, 15) is 17.6 Å². The Bertz CT molecular complexity index is 969. The van der Waals surface area contributed by atoms with E-state index in [1.54, 1.807) is 31.0 Å². The standard InChI is InChI=1S/C21H25FN2O3S/c1-15-11-12-17(28(26,27)23-20-10-6-5-9-19(20)22)13-18(15)21(25)24(2)14-16-7-3-4-8-16/h5-6,9-13,16,23H,3-4,7-8,14H2,1-2H3. The molecule has 5 nitrogen and oxygen atoms in total. The maximum absolute atomic E-state index is 13.8. The van der Waals surface area contributed by atoms with Crippen molar-refractivity contribution >= 4 is 21.6 Å². The molecule has 1 amide bonds. The molecule has 28 heavy (non-hydrogen) atoms. The predicted molar refractivity (Wildman–Crippen MR) is 107 cm³/mol. The Morgan fingerprint density at radius 3 is 2.54 bits per heavy atom. The summed E-state index contributed by atoms with van der Waals surface area (Å²) >= 11 is 0. The Balaban J connectivity index is 1.83. The lowest BCUT2D eigenvalue weighted by molar-refractivity contribution is 0.0772. The van der Waals surface area contributed by atoms with E-state index < -0.39 is 15.8 Å². The molecule has 0 aromatic heterocycles. The van der Waals surface area contributed by atoms with Gasteiger partial charge in [-0.25, -0.2) is 12.8 Å². The molecule has 0 spiro atoms. The lowest BCUT2D eigenvalue weighted by Crippen LogP contribution is -2.31. The monoisotopic (exact) mass is 404 g/mol. The maximum Gasteiger partial charge on any atom is 0.262 e. The third-order valence-electron chi connectivity index (χ3n) is 5.22. The quantitative estimate of drug-likeness (QED) is 0.785. The molecule has 0 heterocycles. The molecule has 1 fully saturated rings. The van der Waals surface area contributed by atoms with Crippen molar-refractivity contribution in [3.8, 4) is 0 Å². The van der Waals surface area contributed by atoms with Crippen LogP contribution in [0.25, 0.3) is 0 Å². The fraction of sp³-hybridized carbons (Fsp3) is 0.381. The van der Waals surface area contributed by atoms with Gasteiger partial charge in [-0.05, 0) is 55.5 Å². The highest BCUT2D eigenvalue weighted by molar-refractivity contribution is 7.92. The Morgan fingerprint density at radius 1 is 1.18 bits per heavy atom. The van der Waals surface area contributed by atoms with Gasteiger partial charge >= 0.3 is 0 Å². The number of carbonyl (C=O) groups is 1. The van der Waals surface area contributed by atoms with E-state index >= 15 is 0 Å². The van der Waals surface area contributed by atoms with E-state index in [-0.39, 0.29) is 16.5 Å². The van der Waals surface area contributed by atoms with Gasteiger partial charge in [-0.1, -0.05) is 31.0 Å². The molecule has 1 saturated carbocycles. The second-order valence-electron chi connectivity index (χ2n) is 7.40. The smallest absolute Gasteiger partial charge is 0.262 e. The van der Waals surface area contributed by atoms with Gasteiger partial charge in [0.2, 0.25) is 0 Å². The van der Waals surface area contributed by atoms with Crippen LogP contribution in [0.1, 0.15) is 41.6 Å². The highest BCUT2D eigenvalue weighted by Crippen LogP contribution is 2.26. The Morgan fingerprint density at radius 2 is 1.86 bits per heavy atom. The summed E-state index contributed by atoms with van der Waals surface area (Å²) in [5.74, 6) is -0.359. The van der Waals surface area contributed by atoms with Crippen LogP contribution in [0.15, 0.2) is 47.4 Å². The number of para-hydroxylation sites is 1. The number of nitrogens with one attached hydrogen (secondary N) is 1. The molecule has 0 aliphatic heterocycles. The first-order valence-electron chi connectivity index (χ1n) is 9.41. The topological polar surface area (TPSA) is 66.5 Å². The van der Waals surface area contributed by atoms with E-state index in [0.717, 1.165) is 12.8 Å². The van der Waals surface area contributed by atoms with Gasteiger partial charge in [-0.2, -0.15) is 0 Å². The van der Waals surface area contributed by atoms with E-state index in [2.05, 4.69) is 4.72 Å². The van der Waals surface area contributed by atoms with Crippen molar-refractivity contribution in [2.45, 2.75) is 37.5 Å². The normalized spacial score (nSPS) is 14.8. The zero-order chi connectivity index (χ0) is 20.3. The summed E-state index contributed by atoms with van der Waals surface area (Å²) in [5, 5.41) is 0. The molecule has 0 atom stereocenters. The lowest BCUT2D eigenvalue weighted by atomic mass is 10.1. The van der Waals surface area contributed by atoms with Crippen LogP contribution < -0.4 is 4.72 Å². The second-order valence-corrected chi connectivity index (χ2v) is 9.08. The van der Waals surface area contributed by atoms with Crippen molar-refractivity contribution in [3.63, 3.8) is 0 Å². The number of nitrogens with zero attached hydrogens (tertiary/aromatic N) is 1.